The molecule has 0 spiro atoms. The van der Waals surface area contributed by atoms with Gasteiger partial charge in [-0.3, -0.25) is 0 Å². The van der Waals surface area contributed by atoms with E-state index in [1.807, 2.05) is 11.6 Å². The Kier molecular flexibility index (Phi) is 4.71. The zero-order valence-electron chi connectivity index (χ0n) is 9.74. The van der Waals surface area contributed by atoms with E-state index in [0.717, 1.165) is 25.2 Å². The highest BCUT2D eigenvalue weighted by molar-refractivity contribution is 9.10. The van der Waals surface area contributed by atoms with E-state index in [0.29, 0.717) is 0 Å². The molecule has 0 saturated heterocycles. The van der Waals surface area contributed by atoms with Crippen LogP contribution in [-0.2, 0) is 13.0 Å². The van der Waals surface area contributed by atoms with Crippen molar-refractivity contribution in [3.05, 3.63) is 50.4 Å². The summed E-state index contributed by atoms with van der Waals surface area (Å²) in [5.41, 5.74) is 4.38. The van der Waals surface area contributed by atoms with E-state index in [2.05, 4.69) is 51.4 Å². The summed E-state index contributed by atoms with van der Waals surface area (Å²) < 4.78 is 1.17. The minimum Gasteiger partial charge on any atom is -0.312 e. The van der Waals surface area contributed by atoms with Crippen molar-refractivity contribution in [2.45, 2.75) is 19.9 Å². The molecule has 1 heterocycles. The van der Waals surface area contributed by atoms with Crippen LogP contribution >= 0.6 is 27.3 Å². The summed E-state index contributed by atoms with van der Waals surface area (Å²) in [5, 5.41) is 3.46. The van der Waals surface area contributed by atoms with Crippen molar-refractivity contribution in [3.63, 3.8) is 0 Å². The number of aromatic nitrogens is 1. The molecule has 90 valence electrons. The Hall–Kier alpha value is -0.710. The number of aryl methyl sites for hydroxylation is 1. The van der Waals surface area contributed by atoms with Crippen LogP contribution in [0.3, 0.4) is 0 Å². The minimum atomic E-state index is 0.902. The van der Waals surface area contributed by atoms with Crippen molar-refractivity contribution in [3.8, 4) is 0 Å². The molecule has 0 bridgehead atoms. The molecule has 0 radical (unpaired) electrons. The van der Waals surface area contributed by atoms with E-state index >= 15 is 0 Å². The zero-order valence-corrected chi connectivity index (χ0v) is 12.1. The first kappa shape index (κ1) is 12.7. The van der Waals surface area contributed by atoms with Crippen LogP contribution in [0.2, 0.25) is 0 Å². The highest BCUT2D eigenvalue weighted by Gasteiger charge is 2.01. The van der Waals surface area contributed by atoms with Crippen LogP contribution in [0.5, 0.6) is 0 Å². The first-order chi connectivity index (χ1) is 8.27. The van der Waals surface area contributed by atoms with Gasteiger partial charge in [0.1, 0.15) is 0 Å². The fourth-order valence-corrected chi connectivity index (χ4v) is 2.84. The van der Waals surface area contributed by atoms with Crippen molar-refractivity contribution in [2.24, 2.45) is 0 Å². The SMILES string of the molecule is Cc1ncsc1CCNCc1ccccc1Br. The summed E-state index contributed by atoms with van der Waals surface area (Å²) in [4.78, 5) is 5.63. The zero-order chi connectivity index (χ0) is 12.1. The third kappa shape index (κ3) is 3.63. The molecule has 0 aliphatic heterocycles. The van der Waals surface area contributed by atoms with Crippen LogP contribution in [-0.4, -0.2) is 11.5 Å². The molecule has 0 saturated carbocycles. The first-order valence-corrected chi connectivity index (χ1v) is 7.27. The second-order valence-electron chi connectivity index (χ2n) is 3.88. The van der Waals surface area contributed by atoms with Gasteiger partial charge in [-0.2, -0.15) is 0 Å². The lowest BCUT2D eigenvalue weighted by molar-refractivity contribution is 0.687. The molecule has 0 unspecified atom stereocenters. The Morgan fingerprint density at radius 1 is 1.35 bits per heavy atom. The average Bonchev–Trinajstić information content (AvgIpc) is 2.73. The molecule has 2 aromatic rings. The van der Waals surface area contributed by atoms with Gasteiger partial charge in [0.25, 0.3) is 0 Å². The number of nitrogens with one attached hydrogen (secondary N) is 1. The fourth-order valence-electron chi connectivity index (χ4n) is 1.63. The summed E-state index contributed by atoms with van der Waals surface area (Å²) in [5.74, 6) is 0. The second-order valence-corrected chi connectivity index (χ2v) is 5.67. The normalized spacial score (nSPS) is 10.7. The number of hydrogen-bond acceptors (Lipinski definition) is 3. The molecule has 1 N–H and O–H groups in total. The molecule has 0 amide bonds. The van der Waals surface area contributed by atoms with E-state index < -0.39 is 0 Å². The van der Waals surface area contributed by atoms with E-state index in [4.69, 9.17) is 0 Å². The molecule has 1 aromatic heterocycles. The highest BCUT2D eigenvalue weighted by Crippen LogP contribution is 2.15. The molecule has 0 aliphatic rings. The van der Waals surface area contributed by atoms with Gasteiger partial charge in [-0.1, -0.05) is 34.1 Å². The van der Waals surface area contributed by atoms with Gasteiger partial charge in [-0.05, 0) is 25.0 Å². The second kappa shape index (κ2) is 6.28. The molecule has 1 aromatic carbocycles. The highest BCUT2D eigenvalue weighted by atomic mass is 79.9. The molecule has 2 rings (SSSR count). The fraction of sp³-hybridized carbons (Fsp3) is 0.308. The lowest BCUT2D eigenvalue weighted by atomic mass is 10.2. The predicted octanol–water partition coefficient (Wildman–Crippen LogP) is 3.55. The van der Waals surface area contributed by atoms with Gasteiger partial charge in [-0.25, -0.2) is 4.98 Å². The lowest BCUT2D eigenvalue weighted by Gasteiger charge is -2.06. The smallest absolute Gasteiger partial charge is 0.0797 e. The molecule has 0 fully saturated rings. The Bertz CT molecular complexity index is 482. The van der Waals surface area contributed by atoms with Crippen LogP contribution in [0.25, 0.3) is 0 Å². The van der Waals surface area contributed by atoms with Gasteiger partial charge in [0.2, 0.25) is 0 Å². The number of thiazole rings is 1. The third-order valence-electron chi connectivity index (χ3n) is 2.65. The molecule has 4 heteroatoms. The Morgan fingerprint density at radius 2 is 2.18 bits per heavy atom. The van der Waals surface area contributed by atoms with E-state index in [1.165, 1.54) is 14.9 Å². The molecule has 17 heavy (non-hydrogen) atoms. The number of hydrogen-bond donors (Lipinski definition) is 1. The quantitative estimate of drug-likeness (QED) is 0.854. The largest absolute Gasteiger partial charge is 0.312 e. The van der Waals surface area contributed by atoms with E-state index in [-0.39, 0.29) is 0 Å². The maximum Gasteiger partial charge on any atom is 0.0797 e. The lowest BCUT2D eigenvalue weighted by Crippen LogP contribution is -2.16. The molecular weight excluding hydrogens is 296 g/mol. The van der Waals surface area contributed by atoms with Crippen LogP contribution in [0.4, 0.5) is 0 Å². The summed E-state index contributed by atoms with van der Waals surface area (Å²) in [6.45, 7) is 3.96. The van der Waals surface area contributed by atoms with Gasteiger partial charge < -0.3 is 5.32 Å². The van der Waals surface area contributed by atoms with Crippen LogP contribution < -0.4 is 5.32 Å². The van der Waals surface area contributed by atoms with Gasteiger partial charge >= 0.3 is 0 Å². The monoisotopic (exact) mass is 310 g/mol. The van der Waals surface area contributed by atoms with Crippen molar-refractivity contribution in [1.82, 2.24) is 10.3 Å². The number of halogens is 1. The first-order valence-electron chi connectivity index (χ1n) is 5.60. The van der Waals surface area contributed by atoms with Gasteiger partial charge in [-0.15, -0.1) is 11.3 Å². The summed E-state index contributed by atoms with van der Waals surface area (Å²) in [6, 6.07) is 8.31. The number of nitrogens with zero attached hydrogens (tertiary/aromatic N) is 1. The predicted molar refractivity (Wildman–Crippen MR) is 76.4 cm³/mol. The summed E-state index contributed by atoms with van der Waals surface area (Å²) >= 11 is 5.29. The maximum atomic E-state index is 4.25. The van der Waals surface area contributed by atoms with Crippen molar-refractivity contribution >= 4 is 27.3 Å². The van der Waals surface area contributed by atoms with Gasteiger partial charge in [0.15, 0.2) is 0 Å². The molecule has 0 atom stereocenters. The molecular formula is C13H15BrN2S. The van der Waals surface area contributed by atoms with Gasteiger partial charge in [0.05, 0.1) is 11.2 Å². The number of rotatable bonds is 5. The van der Waals surface area contributed by atoms with Crippen LogP contribution in [0, 0.1) is 6.92 Å². The van der Waals surface area contributed by atoms with E-state index in [1.54, 1.807) is 11.3 Å². The van der Waals surface area contributed by atoms with Crippen molar-refractivity contribution in [1.29, 1.82) is 0 Å². The van der Waals surface area contributed by atoms with Crippen molar-refractivity contribution in [2.75, 3.05) is 6.54 Å². The Labute approximate surface area is 114 Å². The topological polar surface area (TPSA) is 24.9 Å². The molecule has 0 aliphatic carbocycles. The number of benzene rings is 1. The van der Waals surface area contributed by atoms with Crippen LogP contribution in [0.15, 0.2) is 34.2 Å². The Morgan fingerprint density at radius 3 is 2.88 bits per heavy atom. The minimum absolute atomic E-state index is 0.902. The van der Waals surface area contributed by atoms with Gasteiger partial charge in [0, 0.05) is 22.4 Å². The standard InChI is InChI=1S/C13H15BrN2S/c1-10-13(17-9-16-10)6-7-15-8-11-4-2-3-5-12(11)14/h2-5,9,15H,6-8H2,1H3. The third-order valence-corrected chi connectivity index (χ3v) is 4.42. The van der Waals surface area contributed by atoms with Crippen LogP contribution in [0.1, 0.15) is 16.1 Å². The average molecular weight is 311 g/mol. The Balaban J connectivity index is 1.77. The summed E-state index contributed by atoms with van der Waals surface area (Å²) in [7, 11) is 0. The molecule has 2 nitrogen and oxygen atoms in total. The van der Waals surface area contributed by atoms with E-state index in [9.17, 15) is 0 Å². The van der Waals surface area contributed by atoms with Crippen molar-refractivity contribution < 1.29 is 0 Å². The summed E-state index contributed by atoms with van der Waals surface area (Å²) in [6.07, 6.45) is 1.06. The maximum absolute atomic E-state index is 4.25.